The first-order valence-corrected chi connectivity index (χ1v) is 8.45. The molecule has 5 nitrogen and oxygen atoms in total. The summed E-state index contributed by atoms with van der Waals surface area (Å²) in [7, 11) is 0. The summed E-state index contributed by atoms with van der Waals surface area (Å²) in [6.07, 6.45) is -1.47. The molecule has 0 radical (unpaired) electrons. The van der Waals surface area contributed by atoms with Gasteiger partial charge in [0.25, 0.3) is 12.3 Å². The SMILES string of the molecule is CC(F)(F)F.Nc1cc(OCC(F)F)c(C(=O)NC2CCCCC2)cc1N. The molecule has 1 aromatic rings. The number of alkyl halides is 5. The molecule has 0 unspecified atom stereocenters. The number of halogens is 5. The highest BCUT2D eigenvalue weighted by atomic mass is 19.4. The number of carbonyl (C=O) groups is 1. The summed E-state index contributed by atoms with van der Waals surface area (Å²) in [4.78, 5) is 12.4. The molecule has 27 heavy (non-hydrogen) atoms. The molecule has 0 atom stereocenters. The van der Waals surface area contributed by atoms with E-state index < -0.39 is 19.2 Å². The Morgan fingerprint density at radius 2 is 1.70 bits per heavy atom. The van der Waals surface area contributed by atoms with Crippen molar-refractivity contribution in [3.05, 3.63) is 17.7 Å². The second-order valence-electron chi connectivity index (χ2n) is 6.27. The molecule has 2 rings (SSSR count). The predicted molar refractivity (Wildman–Crippen MR) is 92.8 cm³/mol. The van der Waals surface area contributed by atoms with Crippen LogP contribution >= 0.6 is 0 Å². The van der Waals surface area contributed by atoms with E-state index in [4.69, 9.17) is 16.2 Å². The highest BCUT2D eigenvalue weighted by Gasteiger charge is 2.21. The fraction of sp³-hybridized carbons (Fsp3) is 0.588. The first kappa shape index (κ1) is 22.8. The topological polar surface area (TPSA) is 90.4 Å². The van der Waals surface area contributed by atoms with E-state index in [0.29, 0.717) is 0 Å². The second-order valence-corrected chi connectivity index (χ2v) is 6.27. The van der Waals surface area contributed by atoms with Crippen LogP contribution in [0.2, 0.25) is 0 Å². The zero-order chi connectivity index (χ0) is 20.6. The lowest BCUT2D eigenvalue weighted by Crippen LogP contribution is -2.36. The minimum atomic E-state index is -4.00. The van der Waals surface area contributed by atoms with Crippen molar-refractivity contribution in [3.63, 3.8) is 0 Å². The smallest absolute Gasteiger partial charge is 0.386 e. The third-order valence-corrected chi connectivity index (χ3v) is 3.74. The molecule has 1 aliphatic carbocycles. The lowest BCUT2D eigenvalue weighted by molar-refractivity contribution is -0.110. The maximum Gasteiger partial charge on any atom is 0.386 e. The molecule has 0 heterocycles. The average molecular weight is 397 g/mol. The Kier molecular flexibility index (Phi) is 8.58. The minimum absolute atomic E-state index is 0.0281. The van der Waals surface area contributed by atoms with Gasteiger partial charge in [-0.1, -0.05) is 19.3 Å². The van der Waals surface area contributed by atoms with Crippen molar-refractivity contribution in [1.82, 2.24) is 5.32 Å². The first-order chi connectivity index (χ1) is 12.5. The van der Waals surface area contributed by atoms with Gasteiger partial charge in [-0.15, -0.1) is 0 Å². The molecule has 10 heteroatoms. The number of nitrogen functional groups attached to an aromatic ring is 2. The first-order valence-electron chi connectivity index (χ1n) is 8.45. The molecule has 1 amide bonds. The number of benzene rings is 1. The molecule has 0 aliphatic heterocycles. The Bertz CT molecular complexity index is 611. The van der Waals surface area contributed by atoms with Gasteiger partial charge in [0, 0.05) is 19.0 Å². The quantitative estimate of drug-likeness (QED) is 0.515. The maximum atomic E-state index is 12.4. The molecule has 0 aromatic heterocycles. The van der Waals surface area contributed by atoms with Gasteiger partial charge in [0.1, 0.15) is 12.4 Å². The van der Waals surface area contributed by atoms with E-state index in [9.17, 15) is 26.7 Å². The molecule has 5 N–H and O–H groups in total. The van der Waals surface area contributed by atoms with Gasteiger partial charge in [-0.3, -0.25) is 4.79 Å². The van der Waals surface area contributed by atoms with Crippen LogP contribution in [0.4, 0.5) is 33.3 Å². The Balaban J connectivity index is 0.000000646. The highest BCUT2D eigenvalue weighted by Crippen LogP contribution is 2.28. The van der Waals surface area contributed by atoms with E-state index in [1.807, 2.05) is 0 Å². The van der Waals surface area contributed by atoms with Crippen LogP contribution in [0.5, 0.6) is 5.75 Å². The van der Waals surface area contributed by atoms with Crippen molar-refractivity contribution in [2.45, 2.75) is 57.7 Å². The third kappa shape index (κ3) is 9.30. The van der Waals surface area contributed by atoms with Gasteiger partial charge < -0.3 is 21.5 Å². The summed E-state index contributed by atoms with van der Waals surface area (Å²) in [5.41, 5.74) is 11.9. The van der Waals surface area contributed by atoms with E-state index in [0.717, 1.165) is 25.7 Å². The summed E-state index contributed by atoms with van der Waals surface area (Å²) in [5.74, 6) is -0.344. The van der Waals surface area contributed by atoms with E-state index in [-0.39, 0.29) is 41.6 Å². The van der Waals surface area contributed by atoms with Crippen LogP contribution in [0.25, 0.3) is 0 Å². The zero-order valence-corrected chi connectivity index (χ0v) is 14.9. The summed E-state index contributed by atoms with van der Waals surface area (Å²) < 4.78 is 60.7. The average Bonchev–Trinajstić information content (AvgIpc) is 2.54. The number of ether oxygens (including phenoxy) is 1. The van der Waals surface area contributed by atoms with Crippen molar-refractivity contribution in [3.8, 4) is 5.75 Å². The number of hydrogen-bond donors (Lipinski definition) is 3. The maximum absolute atomic E-state index is 12.4. The van der Waals surface area contributed by atoms with E-state index in [1.54, 1.807) is 0 Å². The van der Waals surface area contributed by atoms with Gasteiger partial charge in [0.05, 0.1) is 16.9 Å². The van der Waals surface area contributed by atoms with Crippen LogP contribution in [0.15, 0.2) is 12.1 Å². The van der Waals surface area contributed by atoms with Gasteiger partial charge in [0.15, 0.2) is 0 Å². The summed E-state index contributed by atoms with van der Waals surface area (Å²) in [6, 6.07) is 2.78. The number of carbonyl (C=O) groups excluding carboxylic acids is 1. The van der Waals surface area contributed by atoms with Crippen LogP contribution in [-0.2, 0) is 0 Å². The minimum Gasteiger partial charge on any atom is -0.487 e. The lowest BCUT2D eigenvalue weighted by atomic mass is 9.95. The largest absolute Gasteiger partial charge is 0.487 e. The van der Waals surface area contributed by atoms with E-state index in [1.165, 1.54) is 18.6 Å². The Hall–Kier alpha value is -2.26. The molecule has 0 bridgehead atoms. The summed E-state index contributed by atoms with van der Waals surface area (Å²) >= 11 is 0. The summed E-state index contributed by atoms with van der Waals surface area (Å²) in [6.45, 7) is -0.611. The van der Waals surface area contributed by atoms with E-state index in [2.05, 4.69) is 5.32 Å². The van der Waals surface area contributed by atoms with Gasteiger partial charge in [-0.25, -0.2) is 8.78 Å². The molecule has 1 fully saturated rings. The second kappa shape index (κ2) is 10.2. The number of rotatable bonds is 5. The van der Waals surface area contributed by atoms with Crippen molar-refractivity contribution < 1.29 is 31.5 Å². The molecular weight excluding hydrogens is 373 g/mol. The van der Waals surface area contributed by atoms with Crippen molar-refractivity contribution in [2.24, 2.45) is 0 Å². The van der Waals surface area contributed by atoms with Crippen LogP contribution in [0.1, 0.15) is 49.4 Å². The molecule has 1 aliphatic rings. The Labute approximate surface area is 154 Å². The predicted octanol–water partition coefficient (Wildman–Crippen LogP) is 4.13. The normalized spacial score (nSPS) is 15.1. The van der Waals surface area contributed by atoms with Crippen LogP contribution < -0.4 is 21.5 Å². The fourth-order valence-corrected chi connectivity index (χ4v) is 2.57. The Morgan fingerprint density at radius 1 is 1.19 bits per heavy atom. The molecular formula is C17H24F5N3O2. The number of nitrogens with two attached hydrogens (primary N) is 2. The number of anilines is 2. The van der Waals surface area contributed by atoms with Crippen LogP contribution in [-0.4, -0.2) is 31.2 Å². The van der Waals surface area contributed by atoms with Gasteiger partial charge >= 0.3 is 6.18 Å². The number of nitrogens with one attached hydrogen (secondary N) is 1. The third-order valence-electron chi connectivity index (χ3n) is 3.74. The van der Waals surface area contributed by atoms with Crippen LogP contribution in [0, 0.1) is 0 Å². The van der Waals surface area contributed by atoms with Crippen molar-refractivity contribution in [2.75, 3.05) is 18.1 Å². The standard InChI is InChI=1S/C15H21F2N3O2.C2H3F3/c16-14(17)8-22-13-7-12(19)11(18)6-10(13)15(21)20-9-4-2-1-3-5-9;1-2(3,4)5/h6-7,9,14H,1-5,8,18-19H2,(H,20,21);1H3. The molecule has 154 valence electrons. The van der Waals surface area contributed by atoms with Gasteiger partial charge in [-0.2, -0.15) is 13.2 Å². The Morgan fingerprint density at radius 3 is 2.22 bits per heavy atom. The van der Waals surface area contributed by atoms with Crippen molar-refractivity contribution >= 4 is 17.3 Å². The fourth-order valence-electron chi connectivity index (χ4n) is 2.57. The number of amides is 1. The molecule has 1 aromatic carbocycles. The lowest BCUT2D eigenvalue weighted by Gasteiger charge is -2.23. The highest BCUT2D eigenvalue weighted by molar-refractivity contribution is 5.99. The monoisotopic (exact) mass is 397 g/mol. The number of hydrogen-bond acceptors (Lipinski definition) is 4. The van der Waals surface area contributed by atoms with Crippen molar-refractivity contribution in [1.29, 1.82) is 0 Å². The van der Waals surface area contributed by atoms with E-state index >= 15 is 0 Å². The zero-order valence-electron chi connectivity index (χ0n) is 14.9. The van der Waals surface area contributed by atoms with Crippen LogP contribution in [0.3, 0.4) is 0 Å². The molecule has 0 spiro atoms. The molecule has 1 saturated carbocycles. The molecule has 0 saturated heterocycles. The van der Waals surface area contributed by atoms with Gasteiger partial charge in [0.2, 0.25) is 0 Å². The summed E-state index contributed by atoms with van der Waals surface area (Å²) in [5, 5.41) is 2.91. The van der Waals surface area contributed by atoms with Gasteiger partial charge in [-0.05, 0) is 18.9 Å².